The maximum absolute atomic E-state index is 5.92. The van der Waals surface area contributed by atoms with Crippen LogP contribution < -0.4 is 9.47 Å². The Kier molecular flexibility index (Phi) is 2.92. The fourth-order valence-corrected chi connectivity index (χ4v) is 2.52. The largest absolute Gasteiger partial charge is 0.493 e. The molecule has 3 rings (SSSR count). The third-order valence-corrected chi connectivity index (χ3v) is 3.27. The zero-order valence-electron chi connectivity index (χ0n) is 10.9. The highest BCUT2D eigenvalue weighted by Crippen LogP contribution is 2.44. The summed E-state index contributed by atoms with van der Waals surface area (Å²) in [4.78, 5) is 0. The predicted octanol–water partition coefficient (Wildman–Crippen LogP) is 2.45. The van der Waals surface area contributed by atoms with Crippen molar-refractivity contribution in [2.75, 3.05) is 13.7 Å². The van der Waals surface area contributed by atoms with E-state index in [4.69, 9.17) is 18.9 Å². The molecule has 0 saturated carbocycles. The minimum atomic E-state index is -0.237. The minimum Gasteiger partial charge on any atom is -0.493 e. The molecule has 18 heavy (non-hydrogen) atoms. The lowest BCUT2D eigenvalue weighted by Crippen LogP contribution is -2.21. The number of hydrogen-bond acceptors (Lipinski definition) is 4. The third-order valence-electron chi connectivity index (χ3n) is 3.27. The molecule has 1 saturated heterocycles. The van der Waals surface area contributed by atoms with E-state index in [9.17, 15) is 0 Å². The van der Waals surface area contributed by atoms with Crippen molar-refractivity contribution in [1.82, 2.24) is 0 Å². The topological polar surface area (TPSA) is 36.9 Å². The quantitative estimate of drug-likeness (QED) is 0.825. The third kappa shape index (κ3) is 1.85. The Balaban J connectivity index is 2.07. The molecule has 98 valence electrons. The van der Waals surface area contributed by atoms with Crippen molar-refractivity contribution in [2.45, 2.75) is 38.8 Å². The fraction of sp³-hybridized carbons (Fsp3) is 0.571. The summed E-state index contributed by atoms with van der Waals surface area (Å²) < 4.78 is 22.7. The number of ether oxygens (including phenoxy) is 4. The lowest BCUT2D eigenvalue weighted by Gasteiger charge is -2.26. The van der Waals surface area contributed by atoms with Crippen molar-refractivity contribution in [2.24, 2.45) is 0 Å². The monoisotopic (exact) mass is 250 g/mol. The number of rotatable bonds is 3. The summed E-state index contributed by atoms with van der Waals surface area (Å²) in [6, 6.07) is 3.93. The summed E-state index contributed by atoms with van der Waals surface area (Å²) >= 11 is 0. The Morgan fingerprint density at radius 3 is 2.89 bits per heavy atom. The van der Waals surface area contributed by atoms with E-state index in [1.54, 1.807) is 7.11 Å². The Hall–Kier alpha value is -1.26. The fourth-order valence-electron chi connectivity index (χ4n) is 2.52. The maximum Gasteiger partial charge on any atom is 0.184 e. The van der Waals surface area contributed by atoms with Crippen LogP contribution in [0.15, 0.2) is 12.1 Å². The summed E-state index contributed by atoms with van der Waals surface area (Å²) in [5.74, 6) is 1.62. The van der Waals surface area contributed by atoms with Crippen LogP contribution in [0.3, 0.4) is 0 Å². The van der Waals surface area contributed by atoms with Crippen molar-refractivity contribution in [1.29, 1.82) is 0 Å². The van der Waals surface area contributed by atoms with Crippen LogP contribution in [0, 0.1) is 0 Å². The van der Waals surface area contributed by atoms with Crippen molar-refractivity contribution in [3.63, 3.8) is 0 Å². The zero-order chi connectivity index (χ0) is 12.7. The first-order valence-electron chi connectivity index (χ1n) is 6.32. The first-order valence-corrected chi connectivity index (χ1v) is 6.32. The highest BCUT2D eigenvalue weighted by atomic mass is 16.7. The SMILES string of the molecule is COc1ccc2c(c1OC(C)C)C[C@H]1CO[C@@H]2O1. The molecule has 2 heterocycles. The molecule has 1 fully saturated rings. The Bertz CT molecular complexity index is 455. The molecule has 2 atom stereocenters. The molecule has 2 aliphatic heterocycles. The van der Waals surface area contributed by atoms with Crippen molar-refractivity contribution >= 4 is 0 Å². The van der Waals surface area contributed by atoms with Gasteiger partial charge in [0, 0.05) is 17.5 Å². The van der Waals surface area contributed by atoms with Crippen LogP contribution in [0.5, 0.6) is 11.5 Å². The van der Waals surface area contributed by atoms with Crippen molar-refractivity contribution < 1.29 is 18.9 Å². The molecule has 0 aromatic heterocycles. The average Bonchev–Trinajstić information content (AvgIpc) is 2.72. The molecule has 2 aliphatic rings. The van der Waals surface area contributed by atoms with Gasteiger partial charge in [0.05, 0.1) is 25.9 Å². The van der Waals surface area contributed by atoms with Gasteiger partial charge in [-0.3, -0.25) is 0 Å². The van der Waals surface area contributed by atoms with E-state index in [-0.39, 0.29) is 18.5 Å². The van der Waals surface area contributed by atoms with Gasteiger partial charge < -0.3 is 18.9 Å². The highest BCUT2D eigenvalue weighted by Gasteiger charge is 2.37. The Morgan fingerprint density at radius 1 is 1.33 bits per heavy atom. The molecule has 0 N–H and O–H groups in total. The first-order chi connectivity index (χ1) is 8.69. The van der Waals surface area contributed by atoms with E-state index in [0.29, 0.717) is 6.61 Å². The second kappa shape index (κ2) is 4.44. The molecule has 4 heteroatoms. The van der Waals surface area contributed by atoms with Crippen LogP contribution in [0.25, 0.3) is 0 Å². The summed E-state index contributed by atoms with van der Waals surface area (Å²) in [5, 5.41) is 0. The van der Waals surface area contributed by atoms with Crippen LogP contribution in [-0.4, -0.2) is 25.9 Å². The van der Waals surface area contributed by atoms with Gasteiger partial charge in [0.2, 0.25) is 0 Å². The van der Waals surface area contributed by atoms with E-state index >= 15 is 0 Å². The molecule has 0 spiro atoms. The maximum atomic E-state index is 5.92. The molecule has 0 unspecified atom stereocenters. The molecule has 1 aromatic carbocycles. The van der Waals surface area contributed by atoms with Gasteiger partial charge in [0.25, 0.3) is 0 Å². The lowest BCUT2D eigenvalue weighted by molar-refractivity contribution is -0.0682. The smallest absolute Gasteiger partial charge is 0.184 e. The van der Waals surface area contributed by atoms with Crippen LogP contribution in [0.2, 0.25) is 0 Å². The normalized spacial score (nSPS) is 25.1. The molecule has 0 radical (unpaired) electrons. The second-order valence-electron chi connectivity index (χ2n) is 4.96. The number of hydrogen-bond donors (Lipinski definition) is 0. The van der Waals surface area contributed by atoms with Gasteiger partial charge in [0.15, 0.2) is 17.8 Å². The lowest BCUT2D eigenvalue weighted by atomic mass is 9.98. The molecule has 1 aromatic rings. The van der Waals surface area contributed by atoms with Gasteiger partial charge in [-0.25, -0.2) is 0 Å². The molecule has 4 nitrogen and oxygen atoms in total. The van der Waals surface area contributed by atoms with Gasteiger partial charge in [-0.1, -0.05) is 0 Å². The number of fused-ring (bicyclic) bond motifs is 4. The van der Waals surface area contributed by atoms with E-state index in [2.05, 4.69) is 0 Å². The first kappa shape index (κ1) is 11.8. The Morgan fingerprint density at radius 2 is 2.17 bits per heavy atom. The van der Waals surface area contributed by atoms with Crippen LogP contribution >= 0.6 is 0 Å². The van der Waals surface area contributed by atoms with Gasteiger partial charge in [-0.2, -0.15) is 0 Å². The minimum absolute atomic E-state index is 0.117. The zero-order valence-corrected chi connectivity index (χ0v) is 10.9. The van der Waals surface area contributed by atoms with Crippen molar-refractivity contribution in [3.8, 4) is 11.5 Å². The number of benzene rings is 1. The van der Waals surface area contributed by atoms with Gasteiger partial charge in [-0.05, 0) is 26.0 Å². The molecule has 0 aliphatic carbocycles. The van der Waals surface area contributed by atoms with Crippen LogP contribution in [0.4, 0.5) is 0 Å². The van der Waals surface area contributed by atoms with Crippen LogP contribution in [-0.2, 0) is 15.9 Å². The summed E-state index contributed by atoms with van der Waals surface area (Å²) in [6.45, 7) is 4.69. The van der Waals surface area contributed by atoms with E-state index in [1.807, 2.05) is 26.0 Å². The van der Waals surface area contributed by atoms with Crippen LogP contribution in [0.1, 0.15) is 31.3 Å². The summed E-state index contributed by atoms with van der Waals surface area (Å²) in [5.41, 5.74) is 2.24. The van der Waals surface area contributed by atoms with E-state index < -0.39 is 0 Å². The highest BCUT2D eigenvalue weighted by molar-refractivity contribution is 5.52. The van der Waals surface area contributed by atoms with E-state index in [1.165, 1.54) is 5.56 Å². The van der Waals surface area contributed by atoms with Gasteiger partial charge in [-0.15, -0.1) is 0 Å². The standard InChI is InChI=1S/C14H18O4/c1-8(2)17-13-11-6-9-7-16-14(18-9)10(11)4-5-12(13)15-3/h4-5,8-9,14H,6-7H2,1-3H3/t9-,14+/m0/s1. The Labute approximate surface area is 107 Å². The summed E-state index contributed by atoms with van der Waals surface area (Å²) in [6.07, 6.45) is 0.848. The average molecular weight is 250 g/mol. The predicted molar refractivity (Wildman–Crippen MR) is 66.0 cm³/mol. The molecular formula is C14H18O4. The number of methoxy groups -OCH3 is 1. The van der Waals surface area contributed by atoms with E-state index in [0.717, 1.165) is 23.5 Å². The molecule has 2 bridgehead atoms. The van der Waals surface area contributed by atoms with Gasteiger partial charge in [0.1, 0.15) is 0 Å². The molecular weight excluding hydrogens is 232 g/mol. The molecule has 0 amide bonds. The van der Waals surface area contributed by atoms with Gasteiger partial charge >= 0.3 is 0 Å². The summed E-state index contributed by atoms with van der Waals surface area (Å²) in [7, 11) is 1.67. The van der Waals surface area contributed by atoms with Crippen molar-refractivity contribution in [3.05, 3.63) is 23.3 Å². The second-order valence-corrected chi connectivity index (χ2v) is 4.96.